The Morgan fingerprint density at radius 2 is 1.29 bits per heavy atom. The van der Waals surface area contributed by atoms with E-state index in [1.54, 1.807) is 0 Å². The highest BCUT2D eigenvalue weighted by molar-refractivity contribution is 5.76. The Morgan fingerprint density at radius 1 is 0.732 bits per heavy atom. The molecule has 4 rings (SSSR count). The van der Waals surface area contributed by atoms with Gasteiger partial charge in [0, 0.05) is 20.3 Å². The van der Waals surface area contributed by atoms with E-state index >= 15 is 0 Å². The van der Waals surface area contributed by atoms with Gasteiger partial charge in [0.1, 0.15) is 79.4 Å². The fourth-order valence-corrected chi connectivity index (χ4v) is 7.13. The molecule has 8 unspecified atom stereocenters. The molecule has 24 nitrogen and oxygen atoms in total. The van der Waals surface area contributed by atoms with Crippen LogP contribution in [0.2, 0.25) is 0 Å². The molecule has 56 heavy (non-hydrogen) atoms. The second-order valence-electron chi connectivity index (χ2n) is 14.4. The molecule has 2 amide bonds. The number of carbonyl (C=O) groups is 3. The Balaban J connectivity index is 1.61. The molecule has 324 valence electrons. The van der Waals surface area contributed by atoms with Crippen LogP contribution in [0.5, 0.6) is 0 Å². The molecule has 0 aromatic heterocycles. The number of carboxylic acids is 1. The van der Waals surface area contributed by atoms with Gasteiger partial charge >= 0.3 is 5.97 Å². The van der Waals surface area contributed by atoms with Gasteiger partial charge in [0.05, 0.1) is 50.2 Å². The molecule has 24 heteroatoms. The van der Waals surface area contributed by atoms with Gasteiger partial charge in [-0.25, -0.2) is 4.79 Å². The minimum atomic E-state index is -2.88. The summed E-state index contributed by atoms with van der Waals surface area (Å²) in [5, 5.41) is 131. The van der Waals surface area contributed by atoms with E-state index in [4.69, 9.17) is 33.2 Å². The highest BCUT2D eigenvalue weighted by atomic mass is 16.8. The van der Waals surface area contributed by atoms with Gasteiger partial charge in [0.25, 0.3) is 5.79 Å². The van der Waals surface area contributed by atoms with E-state index in [9.17, 15) is 75.7 Å². The van der Waals surface area contributed by atoms with Crippen LogP contribution in [0.15, 0.2) is 0 Å². The second kappa shape index (κ2) is 19.2. The zero-order valence-electron chi connectivity index (χ0n) is 30.8. The van der Waals surface area contributed by atoms with E-state index in [1.165, 1.54) is 20.8 Å². The van der Waals surface area contributed by atoms with Crippen LogP contribution in [0.3, 0.4) is 0 Å². The number of ether oxygens (including phenoxy) is 7. The van der Waals surface area contributed by atoms with Gasteiger partial charge in [0.2, 0.25) is 11.8 Å². The number of hydrogen-bond donors (Lipinski definition) is 14. The summed E-state index contributed by atoms with van der Waals surface area (Å²) in [6.45, 7) is 2.28. The Morgan fingerprint density at radius 3 is 1.84 bits per heavy atom. The van der Waals surface area contributed by atoms with Crippen LogP contribution in [0, 0.1) is 0 Å². The highest BCUT2D eigenvalue weighted by Gasteiger charge is 2.58. The van der Waals surface area contributed by atoms with Crippen LogP contribution in [-0.2, 0) is 47.5 Å². The van der Waals surface area contributed by atoms with Crippen LogP contribution in [0.25, 0.3) is 0 Å². The van der Waals surface area contributed by atoms with Crippen LogP contribution in [0.4, 0.5) is 0 Å². The predicted octanol–water partition coefficient (Wildman–Crippen LogP) is -8.16. The number of aliphatic hydroxyl groups excluding tert-OH is 11. The number of hydrogen-bond acceptors (Lipinski definition) is 21. The zero-order chi connectivity index (χ0) is 42.0. The van der Waals surface area contributed by atoms with Gasteiger partial charge in [-0.2, -0.15) is 0 Å². The average molecular weight is 819 g/mol. The first-order valence-corrected chi connectivity index (χ1v) is 17.9. The van der Waals surface area contributed by atoms with Crippen molar-refractivity contribution in [1.29, 1.82) is 0 Å². The molecular weight excluding hydrogens is 764 g/mol. The van der Waals surface area contributed by atoms with Crippen molar-refractivity contribution < 1.29 is 109 Å². The maximum atomic E-state index is 12.6. The maximum Gasteiger partial charge on any atom is 0.364 e. The normalized spacial score (nSPS) is 45.7. The number of rotatable bonds is 14. The molecule has 0 aliphatic carbocycles. The lowest BCUT2D eigenvalue weighted by Crippen LogP contribution is -2.69. The summed E-state index contributed by atoms with van der Waals surface area (Å²) >= 11 is 0. The van der Waals surface area contributed by atoms with Crippen molar-refractivity contribution in [3.05, 3.63) is 0 Å². The van der Waals surface area contributed by atoms with Gasteiger partial charge in [-0.05, 0) is 13.8 Å². The SMILES string of the molecule is CC(=O)NC1C(C)OC(CO)[C@H](O[C@@H]2OC(CO[C@]3(C(=O)O)C[C@H](O)[C@@H](NC(C)=O)C([C@H](O)[C@H](O)CO)O3)[C@H](O)[C@H](O)C2O)[C@@H]1O[C@@H]1OC(C)[C@H](O)[C@@H](O)C1O. The number of amides is 2. The second-order valence-corrected chi connectivity index (χ2v) is 14.4. The minimum Gasteiger partial charge on any atom is -0.477 e. The third-order valence-electron chi connectivity index (χ3n) is 10.2. The minimum absolute atomic E-state index is 0.592. The first-order valence-electron chi connectivity index (χ1n) is 17.9. The summed E-state index contributed by atoms with van der Waals surface area (Å²) in [5.41, 5.74) is 0. The molecule has 0 aromatic carbocycles. The predicted molar refractivity (Wildman–Crippen MR) is 176 cm³/mol. The van der Waals surface area contributed by atoms with Crippen molar-refractivity contribution in [3.8, 4) is 0 Å². The standard InChI is InChI=1S/C32H54N2O22/c1-9-17(33-11(3)37)28(55-29-24(46)22(44)19(41)10(2)52-29)26(15(7-36)51-9)54-30-25(47)23(45)21(43)16(53-30)8-50-32(31(48)49)5-13(39)18(34-12(4)38)27(56-32)20(42)14(40)6-35/h9-10,13-30,35-36,39-47H,5-8H2,1-4H3,(H,33,37)(H,34,38)(H,48,49)/t9?,10?,13-,14+,15?,16?,17?,18+,19-,20+,21-,22+,23-,24?,25?,26-,27?,28+,29-,30-,32+/m0/s1. The smallest absolute Gasteiger partial charge is 0.364 e. The van der Waals surface area contributed by atoms with Gasteiger partial charge in [-0.3, -0.25) is 9.59 Å². The lowest BCUT2D eigenvalue weighted by atomic mass is 9.88. The number of nitrogens with one attached hydrogen (secondary N) is 2. The van der Waals surface area contributed by atoms with E-state index in [0.29, 0.717) is 0 Å². The van der Waals surface area contributed by atoms with Crippen LogP contribution in [-0.4, -0.2) is 227 Å². The quantitative estimate of drug-likeness (QED) is 0.0774. The molecule has 0 radical (unpaired) electrons. The first kappa shape index (κ1) is 46.4. The molecule has 21 atom stereocenters. The molecule has 4 aliphatic heterocycles. The molecule has 0 saturated carbocycles. The number of carbonyl (C=O) groups excluding carboxylic acids is 2. The summed E-state index contributed by atoms with van der Waals surface area (Å²) in [6, 6.07) is -2.66. The van der Waals surface area contributed by atoms with Crippen LogP contribution < -0.4 is 10.6 Å². The number of aliphatic hydroxyl groups is 11. The van der Waals surface area contributed by atoms with E-state index in [2.05, 4.69) is 10.6 Å². The van der Waals surface area contributed by atoms with E-state index in [0.717, 1.165) is 6.92 Å². The third-order valence-corrected chi connectivity index (χ3v) is 10.2. The highest BCUT2D eigenvalue weighted by Crippen LogP contribution is 2.36. The lowest BCUT2D eigenvalue weighted by Gasteiger charge is -2.50. The van der Waals surface area contributed by atoms with E-state index < -0.39 is 172 Å². The molecular formula is C32H54N2O22. The molecule has 4 saturated heterocycles. The fourth-order valence-electron chi connectivity index (χ4n) is 7.13. The lowest BCUT2D eigenvalue weighted by molar-refractivity contribution is -0.367. The average Bonchev–Trinajstić information content (AvgIpc) is 3.14. The number of carboxylic acid groups (broad SMARTS) is 1. The largest absolute Gasteiger partial charge is 0.477 e. The van der Waals surface area contributed by atoms with Crippen molar-refractivity contribution in [2.24, 2.45) is 0 Å². The summed E-state index contributed by atoms with van der Waals surface area (Å²) in [5.74, 6) is -6.11. The molecule has 0 aromatic rings. The van der Waals surface area contributed by atoms with Gasteiger partial charge in [-0.1, -0.05) is 0 Å². The molecule has 14 N–H and O–H groups in total. The first-order chi connectivity index (χ1) is 26.2. The van der Waals surface area contributed by atoms with Crippen molar-refractivity contribution in [3.63, 3.8) is 0 Å². The van der Waals surface area contributed by atoms with Crippen LogP contribution in [0.1, 0.15) is 34.1 Å². The summed E-state index contributed by atoms with van der Waals surface area (Å²) in [6.07, 6.45) is -31.8. The van der Waals surface area contributed by atoms with Crippen LogP contribution >= 0.6 is 0 Å². The van der Waals surface area contributed by atoms with Gasteiger partial charge in [-0.15, -0.1) is 0 Å². The maximum absolute atomic E-state index is 12.6. The Bertz CT molecular complexity index is 1330. The van der Waals surface area contributed by atoms with E-state index in [-0.39, 0.29) is 0 Å². The summed E-state index contributed by atoms with van der Waals surface area (Å²) in [4.78, 5) is 36.8. The van der Waals surface area contributed by atoms with E-state index in [1.807, 2.05) is 0 Å². The van der Waals surface area contributed by atoms with Gasteiger partial charge < -0.3 is 105 Å². The molecule has 4 heterocycles. The van der Waals surface area contributed by atoms with Gasteiger partial charge in [0.15, 0.2) is 12.6 Å². The summed E-state index contributed by atoms with van der Waals surface area (Å²) in [7, 11) is 0. The topological polar surface area (TPSA) is 383 Å². The molecule has 0 bridgehead atoms. The Kier molecular flexibility index (Phi) is 15.9. The molecule has 4 fully saturated rings. The zero-order valence-corrected chi connectivity index (χ0v) is 30.8. The fraction of sp³-hybridized carbons (Fsp3) is 0.906. The van der Waals surface area contributed by atoms with Crippen molar-refractivity contribution in [1.82, 2.24) is 10.6 Å². The third kappa shape index (κ3) is 9.92. The Labute approximate surface area is 319 Å². The van der Waals surface area contributed by atoms with Crippen molar-refractivity contribution in [2.75, 3.05) is 19.8 Å². The van der Waals surface area contributed by atoms with Crippen molar-refractivity contribution in [2.45, 2.75) is 162 Å². The van der Waals surface area contributed by atoms with Crippen molar-refractivity contribution >= 4 is 17.8 Å². The molecule has 0 spiro atoms. The summed E-state index contributed by atoms with van der Waals surface area (Å²) < 4.78 is 40.4. The monoisotopic (exact) mass is 818 g/mol. The molecule has 4 aliphatic rings. The number of aliphatic carboxylic acids is 1. The Hall–Kier alpha value is -2.31.